The zero-order valence-corrected chi connectivity index (χ0v) is 19.3. The van der Waals surface area contributed by atoms with Crippen LogP contribution in [0.4, 0.5) is 0 Å². The fraction of sp³-hybridized carbons (Fsp3) is 0.680. The van der Waals surface area contributed by atoms with Crippen LogP contribution in [0, 0.1) is 5.92 Å². The highest BCUT2D eigenvalue weighted by atomic mass is 16.5. The smallest absolute Gasteiger partial charge is 0.414 e. The molecule has 7 nitrogen and oxygen atoms in total. The van der Waals surface area contributed by atoms with E-state index in [2.05, 4.69) is 35.0 Å². The molecule has 1 aliphatic carbocycles. The molecule has 4 rings (SSSR count). The third kappa shape index (κ3) is 7.48. The van der Waals surface area contributed by atoms with Crippen molar-refractivity contribution in [3.05, 3.63) is 29.3 Å². The number of likely N-dealkylation sites (tertiary alicyclic amines) is 1. The fourth-order valence-corrected chi connectivity index (χ4v) is 5.23. The van der Waals surface area contributed by atoms with Gasteiger partial charge in [-0.25, -0.2) is 9.59 Å². The molecule has 1 unspecified atom stereocenters. The number of rotatable bonds is 6. The maximum Gasteiger partial charge on any atom is 0.414 e. The zero-order chi connectivity index (χ0) is 22.9. The Hall–Kier alpha value is -2.12. The molecule has 0 spiro atoms. The van der Waals surface area contributed by atoms with Gasteiger partial charge < -0.3 is 19.8 Å². The molecule has 2 heterocycles. The van der Waals surface area contributed by atoms with Crippen LogP contribution in [0.2, 0.25) is 0 Å². The number of carboxylic acids is 2. The number of hydrogen-bond acceptors (Lipinski definition) is 5. The molecule has 1 aromatic carbocycles. The number of ether oxygens (including phenoxy) is 1. The highest BCUT2D eigenvalue weighted by Crippen LogP contribution is 2.28. The standard InChI is InChI=1S/C23H36N2O.C2H2O4/c1-24-13-5-8-22(24)12-15-26-23-10-9-20-11-14-25(18-21(20)16-23)17-19-6-3-2-4-7-19;3-1(4)2(5)6/h9-10,16,19,22H,2-8,11-15,17-18H2,1H3;(H,3,4)(H,5,6). The first kappa shape index (κ1) is 24.5. The van der Waals surface area contributed by atoms with Gasteiger partial charge in [0.25, 0.3) is 0 Å². The van der Waals surface area contributed by atoms with Gasteiger partial charge in [-0.15, -0.1) is 0 Å². The van der Waals surface area contributed by atoms with Crippen LogP contribution < -0.4 is 4.74 Å². The Morgan fingerprint density at radius 1 is 1.00 bits per heavy atom. The van der Waals surface area contributed by atoms with Gasteiger partial charge in [-0.05, 0) is 81.3 Å². The van der Waals surface area contributed by atoms with E-state index in [1.807, 2.05) is 0 Å². The number of carbonyl (C=O) groups is 2. The van der Waals surface area contributed by atoms with E-state index in [1.165, 1.54) is 82.1 Å². The van der Waals surface area contributed by atoms with Crippen molar-refractivity contribution in [3.8, 4) is 5.75 Å². The monoisotopic (exact) mass is 446 g/mol. The molecule has 2 fully saturated rings. The van der Waals surface area contributed by atoms with Crippen LogP contribution in [0.25, 0.3) is 0 Å². The minimum Gasteiger partial charge on any atom is -0.494 e. The number of aliphatic carboxylic acids is 2. The van der Waals surface area contributed by atoms with Crippen LogP contribution in [0.1, 0.15) is 62.5 Å². The van der Waals surface area contributed by atoms with Crippen molar-refractivity contribution in [1.82, 2.24) is 9.80 Å². The molecule has 7 heteroatoms. The van der Waals surface area contributed by atoms with Crippen molar-refractivity contribution >= 4 is 11.9 Å². The molecule has 1 aromatic rings. The summed E-state index contributed by atoms with van der Waals surface area (Å²) in [6.45, 7) is 5.75. The summed E-state index contributed by atoms with van der Waals surface area (Å²) in [6.07, 6.45) is 12.3. The number of benzene rings is 1. The third-order valence-electron chi connectivity index (χ3n) is 7.08. The molecule has 2 N–H and O–H groups in total. The Bertz CT molecular complexity index is 751. The van der Waals surface area contributed by atoms with Gasteiger partial charge in [0, 0.05) is 25.7 Å². The summed E-state index contributed by atoms with van der Waals surface area (Å²) in [5.74, 6) is -1.64. The highest BCUT2D eigenvalue weighted by Gasteiger charge is 2.22. The average molecular weight is 447 g/mol. The summed E-state index contributed by atoms with van der Waals surface area (Å²) in [4.78, 5) is 23.4. The predicted molar refractivity (Wildman–Crippen MR) is 123 cm³/mol. The molecular formula is C25H38N2O5. The van der Waals surface area contributed by atoms with E-state index in [-0.39, 0.29) is 0 Å². The van der Waals surface area contributed by atoms with Gasteiger partial charge in [-0.1, -0.05) is 25.3 Å². The fourth-order valence-electron chi connectivity index (χ4n) is 5.23. The molecule has 32 heavy (non-hydrogen) atoms. The summed E-state index contributed by atoms with van der Waals surface area (Å²) in [5.41, 5.74) is 3.04. The quantitative estimate of drug-likeness (QED) is 0.645. The molecule has 1 atom stereocenters. The van der Waals surface area contributed by atoms with E-state index >= 15 is 0 Å². The maximum absolute atomic E-state index is 9.10. The van der Waals surface area contributed by atoms with E-state index < -0.39 is 11.9 Å². The third-order valence-corrected chi connectivity index (χ3v) is 7.08. The first-order valence-electron chi connectivity index (χ1n) is 12.1. The number of fused-ring (bicyclic) bond motifs is 1. The van der Waals surface area contributed by atoms with E-state index in [1.54, 1.807) is 0 Å². The van der Waals surface area contributed by atoms with E-state index in [4.69, 9.17) is 24.5 Å². The second-order valence-corrected chi connectivity index (χ2v) is 9.44. The van der Waals surface area contributed by atoms with Crippen molar-refractivity contribution in [2.45, 2.75) is 70.4 Å². The summed E-state index contributed by atoms with van der Waals surface area (Å²) < 4.78 is 6.12. The van der Waals surface area contributed by atoms with E-state index in [0.717, 1.165) is 37.3 Å². The largest absolute Gasteiger partial charge is 0.494 e. The topological polar surface area (TPSA) is 90.3 Å². The second-order valence-electron chi connectivity index (χ2n) is 9.44. The van der Waals surface area contributed by atoms with Gasteiger partial charge in [-0.3, -0.25) is 4.90 Å². The molecule has 0 radical (unpaired) electrons. The maximum atomic E-state index is 9.10. The van der Waals surface area contributed by atoms with Gasteiger partial charge in [0.15, 0.2) is 0 Å². The average Bonchev–Trinajstić information content (AvgIpc) is 3.19. The Kier molecular flexibility index (Phi) is 9.36. The lowest BCUT2D eigenvalue weighted by atomic mass is 9.88. The summed E-state index contributed by atoms with van der Waals surface area (Å²) in [6, 6.07) is 7.54. The molecule has 3 aliphatic rings. The number of hydrogen-bond donors (Lipinski definition) is 2. The van der Waals surface area contributed by atoms with Gasteiger partial charge >= 0.3 is 11.9 Å². The van der Waals surface area contributed by atoms with Crippen molar-refractivity contribution in [2.24, 2.45) is 5.92 Å². The lowest BCUT2D eigenvalue weighted by molar-refractivity contribution is -0.159. The van der Waals surface area contributed by atoms with Crippen LogP contribution in [0.5, 0.6) is 5.75 Å². The van der Waals surface area contributed by atoms with Crippen LogP contribution in [-0.4, -0.2) is 71.3 Å². The SMILES string of the molecule is CN1CCCC1CCOc1ccc2c(c1)CN(CC1CCCCC1)CC2.O=C(O)C(=O)O. The predicted octanol–water partition coefficient (Wildman–Crippen LogP) is 3.64. The molecule has 2 aliphatic heterocycles. The lowest BCUT2D eigenvalue weighted by Gasteiger charge is -2.33. The van der Waals surface area contributed by atoms with Crippen molar-refractivity contribution in [2.75, 3.05) is 33.3 Å². The van der Waals surface area contributed by atoms with Crippen molar-refractivity contribution < 1.29 is 24.5 Å². The summed E-state index contributed by atoms with van der Waals surface area (Å²) >= 11 is 0. The molecule has 0 amide bonds. The minimum absolute atomic E-state index is 0.721. The highest BCUT2D eigenvalue weighted by molar-refractivity contribution is 6.27. The zero-order valence-electron chi connectivity index (χ0n) is 19.3. The van der Waals surface area contributed by atoms with Gasteiger partial charge in [-0.2, -0.15) is 0 Å². The molecule has 0 bridgehead atoms. The minimum atomic E-state index is -1.82. The second kappa shape index (κ2) is 12.2. The van der Waals surface area contributed by atoms with Crippen LogP contribution >= 0.6 is 0 Å². The lowest BCUT2D eigenvalue weighted by Crippen LogP contribution is -2.35. The molecular weight excluding hydrogens is 408 g/mol. The van der Waals surface area contributed by atoms with Gasteiger partial charge in [0.2, 0.25) is 0 Å². The molecule has 1 saturated heterocycles. The van der Waals surface area contributed by atoms with Crippen molar-refractivity contribution in [1.29, 1.82) is 0 Å². The van der Waals surface area contributed by atoms with E-state index in [0.29, 0.717) is 0 Å². The molecule has 178 valence electrons. The van der Waals surface area contributed by atoms with Crippen LogP contribution in [-0.2, 0) is 22.6 Å². The van der Waals surface area contributed by atoms with Crippen LogP contribution in [0.15, 0.2) is 18.2 Å². The first-order valence-corrected chi connectivity index (χ1v) is 12.1. The normalized spacial score (nSPS) is 22.0. The van der Waals surface area contributed by atoms with E-state index in [9.17, 15) is 0 Å². The summed E-state index contributed by atoms with van der Waals surface area (Å²) in [7, 11) is 2.25. The number of nitrogens with zero attached hydrogens (tertiary/aromatic N) is 2. The Morgan fingerprint density at radius 2 is 1.75 bits per heavy atom. The Balaban J connectivity index is 0.000000427. The first-order chi connectivity index (χ1) is 15.4. The Labute approximate surface area is 191 Å². The Morgan fingerprint density at radius 3 is 2.41 bits per heavy atom. The van der Waals surface area contributed by atoms with Crippen molar-refractivity contribution in [3.63, 3.8) is 0 Å². The van der Waals surface area contributed by atoms with Crippen LogP contribution in [0.3, 0.4) is 0 Å². The van der Waals surface area contributed by atoms with Gasteiger partial charge in [0.1, 0.15) is 5.75 Å². The molecule has 0 aromatic heterocycles. The van der Waals surface area contributed by atoms with Gasteiger partial charge in [0.05, 0.1) is 6.61 Å². The summed E-state index contributed by atoms with van der Waals surface area (Å²) in [5, 5.41) is 14.8. The molecule has 1 saturated carbocycles. The number of carboxylic acid groups (broad SMARTS) is 2.